The molecule has 0 unspecified atom stereocenters. The molecule has 2 amide bonds. The minimum Gasteiger partial charge on any atom is -0.368 e. The molecule has 2 aliphatic rings. The van der Waals surface area contributed by atoms with Crippen molar-refractivity contribution in [2.75, 3.05) is 23.8 Å². The molecule has 0 radical (unpaired) electrons. The number of amides is 2. The van der Waals surface area contributed by atoms with Crippen molar-refractivity contribution in [3.05, 3.63) is 28.3 Å². The monoisotopic (exact) mass is 349 g/mol. The highest BCUT2D eigenvalue weighted by molar-refractivity contribution is 5.99. The Morgan fingerprint density at radius 1 is 1.04 bits per heavy atom. The number of nitrogens with zero attached hydrogens (tertiary/aromatic N) is 1. The molecule has 2 aliphatic heterocycles. The number of benzene rings is 1. The van der Waals surface area contributed by atoms with Gasteiger partial charge >= 0.3 is 0 Å². The van der Waals surface area contributed by atoms with E-state index in [9.17, 15) is 19.7 Å². The Kier molecular flexibility index (Phi) is 5.25. The third-order valence-corrected chi connectivity index (χ3v) is 4.16. The predicted molar refractivity (Wildman–Crippen MR) is 88.3 cm³/mol. The van der Waals surface area contributed by atoms with Crippen LogP contribution in [0.5, 0.6) is 0 Å². The molecular weight excluding hydrogens is 330 g/mol. The molecule has 0 saturated carbocycles. The number of hydrogen-bond acceptors (Lipinski definition) is 6. The van der Waals surface area contributed by atoms with Gasteiger partial charge in [0.25, 0.3) is 17.5 Å². The molecule has 9 nitrogen and oxygen atoms in total. The van der Waals surface area contributed by atoms with Gasteiger partial charge in [-0.15, -0.1) is 0 Å². The van der Waals surface area contributed by atoms with E-state index in [1.165, 1.54) is 18.2 Å². The van der Waals surface area contributed by atoms with E-state index in [0.717, 1.165) is 12.8 Å². The minimum atomic E-state index is -0.607. The second-order valence-corrected chi connectivity index (χ2v) is 5.97. The molecule has 1 aromatic carbocycles. The van der Waals surface area contributed by atoms with Crippen LogP contribution in [-0.4, -0.2) is 42.2 Å². The summed E-state index contributed by atoms with van der Waals surface area (Å²) in [4.78, 5) is 34.9. The normalized spacial score (nSPS) is 22.6. The molecule has 0 aromatic heterocycles. The lowest BCUT2D eigenvalue weighted by Gasteiger charge is -2.13. The van der Waals surface area contributed by atoms with Crippen molar-refractivity contribution >= 4 is 28.9 Å². The van der Waals surface area contributed by atoms with Crippen LogP contribution in [0, 0.1) is 10.1 Å². The Hall–Kier alpha value is -2.52. The maximum absolute atomic E-state index is 12.2. The molecular formula is C16H19N3O6. The standard InChI is InChI=1S/C16H19N3O6/c20-15(13-3-1-7-24-13)17-10-5-6-12(19(22)23)11(9-10)18-16(21)14-4-2-8-25-14/h5-6,9,13-14H,1-4,7-8H2,(H,17,20)(H,18,21)/t13-,14-/m0/s1. The zero-order valence-electron chi connectivity index (χ0n) is 13.5. The van der Waals surface area contributed by atoms with Gasteiger partial charge < -0.3 is 20.1 Å². The second kappa shape index (κ2) is 7.58. The fourth-order valence-corrected chi connectivity index (χ4v) is 2.88. The summed E-state index contributed by atoms with van der Waals surface area (Å²) in [5.41, 5.74) is 0.130. The van der Waals surface area contributed by atoms with E-state index in [0.29, 0.717) is 31.7 Å². The van der Waals surface area contributed by atoms with Crippen molar-refractivity contribution in [3.63, 3.8) is 0 Å². The lowest BCUT2D eigenvalue weighted by atomic mass is 10.2. The van der Waals surface area contributed by atoms with Gasteiger partial charge in [-0.25, -0.2) is 0 Å². The molecule has 134 valence electrons. The molecule has 2 heterocycles. The maximum Gasteiger partial charge on any atom is 0.292 e. The Morgan fingerprint density at radius 3 is 2.16 bits per heavy atom. The maximum atomic E-state index is 12.2. The molecule has 3 rings (SSSR count). The highest BCUT2D eigenvalue weighted by Crippen LogP contribution is 2.29. The molecule has 1 aromatic rings. The van der Waals surface area contributed by atoms with E-state index in [4.69, 9.17) is 9.47 Å². The van der Waals surface area contributed by atoms with Crippen LogP contribution in [0.2, 0.25) is 0 Å². The van der Waals surface area contributed by atoms with E-state index in [-0.39, 0.29) is 17.3 Å². The first-order chi connectivity index (χ1) is 12.0. The van der Waals surface area contributed by atoms with Gasteiger partial charge in [0.2, 0.25) is 0 Å². The summed E-state index contributed by atoms with van der Waals surface area (Å²) < 4.78 is 10.6. The van der Waals surface area contributed by atoms with Crippen LogP contribution in [0.15, 0.2) is 18.2 Å². The zero-order valence-corrected chi connectivity index (χ0v) is 13.5. The molecule has 0 spiro atoms. The SMILES string of the molecule is O=C(Nc1ccc([N+](=O)[O-])c(NC(=O)[C@@H]2CCCO2)c1)[C@@H]1CCCO1. The lowest BCUT2D eigenvalue weighted by Crippen LogP contribution is -2.28. The van der Waals surface area contributed by atoms with Crippen molar-refractivity contribution in [3.8, 4) is 0 Å². The van der Waals surface area contributed by atoms with Gasteiger partial charge in [0.15, 0.2) is 0 Å². The number of nitro groups is 1. The summed E-state index contributed by atoms with van der Waals surface area (Å²) in [5, 5.41) is 16.4. The highest BCUT2D eigenvalue weighted by Gasteiger charge is 2.27. The van der Waals surface area contributed by atoms with Gasteiger partial charge in [0.1, 0.15) is 17.9 Å². The van der Waals surface area contributed by atoms with Crippen molar-refractivity contribution in [1.82, 2.24) is 0 Å². The van der Waals surface area contributed by atoms with Crippen LogP contribution < -0.4 is 10.6 Å². The quantitative estimate of drug-likeness (QED) is 0.618. The largest absolute Gasteiger partial charge is 0.368 e. The summed E-state index contributed by atoms with van der Waals surface area (Å²) >= 11 is 0. The van der Waals surface area contributed by atoms with Gasteiger partial charge in [-0.3, -0.25) is 19.7 Å². The average Bonchev–Trinajstić information content (AvgIpc) is 3.28. The molecule has 25 heavy (non-hydrogen) atoms. The Balaban J connectivity index is 1.75. The lowest BCUT2D eigenvalue weighted by molar-refractivity contribution is -0.383. The number of anilines is 2. The Labute approximate surface area is 143 Å². The van der Waals surface area contributed by atoms with E-state index < -0.39 is 23.0 Å². The van der Waals surface area contributed by atoms with Gasteiger partial charge in [-0.05, 0) is 37.8 Å². The van der Waals surface area contributed by atoms with E-state index in [1.54, 1.807) is 0 Å². The van der Waals surface area contributed by atoms with Gasteiger partial charge in [-0.2, -0.15) is 0 Å². The summed E-state index contributed by atoms with van der Waals surface area (Å²) in [6.07, 6.45) is 1.69. The van der Waals surface area contributed by atoms with Crippen LogP contribution in [0.4, 0.5) is 17.1 Å². The number of nitro benzene ring substituents is 1. The van der Waals surface area contributed by atoms with Gasteiger partial charge in [0.05, 0.1) is 4.92 Å². The fourth-order valence-electron chi connectivity index (χ4n) is 2.88. The molecule has 0 aliphatic carbocycles. The number of hydrogen-bond donors (Lipinski definition) is 2. The third kappa shape index (κ3) is 4.12. The van der Waals surface area contributed by atoms with Crippen molar-refractivity contribution in [1.29, 1.82) is 0 Å². The Morgan fingerprint density at radius 2 is 1.64 bits per heavy atom. The predicted octanol–water partition coefficient (Wildman–Crippen LogP) is 1.83. The van der Waals surface area contributed by atoms with Gasteiger partial charge in [0, 0.05) is 25.0 Å². The number of rotatable bonds is 5. The fraction of sp³-hybridized carbons (Fsp3) is 0.500. The van der Waals surface area contributed by atoms with Crippen LogP contribution in [0.1, 0.15) is 25.7 Å². The first kappa shape index (κ1) is 17.3. The van der Waals surface area contributed by atoms with Crippen molar-refractivity contribution in [2.45, 2.75) is 37.9 Å². The smallest absolute Gasteiger partial charge is 0.292 e. The first-order valence-corrected chi connectivity index (χ1v) is 8.18. The van der Waals surface area contributed by atoms with Crippen LogP contribution >= 0.6 is 0 Å². The van der Waals surface area contributed by atoms with E-state index in [2.05, 4.69) is 10.6 Å². The number of carbonyl (C=O) groups is 2. The molecule has 2 fully saturated rings. The van der Waals surface area contributed by atoms with Crippen LogP contribution in [0.3, 0.4) is 0 Å². The molecule has 2 saturated heterocycles. The topological polar surface area (TPSA) is 120 Å². The molecule has 0 bridgehead atoms. The second-order valence-electron chi connectivity index (χ2n) is 5.97. The van der Waals surface area contributed by atoms with E-state index >= 15 is 0 Å². The van der Waals surface area contributed by atoms with Gasteiger partial charge in [-0.1, -0.05) is 0 Å². The molecule has 2 atom stereocenters. The summed E-state index contributed by atoms with van der Waals surface area (Å²) in [6.45, 7) is 1.04. The molecule has 2 N–H and O–H groups in total. The third-order valence-electron chi connectivity index (χ3n) is 4.16. The highest BCUT2D eigenvalue weighted by atomic mass is 16.6. The van der Waals surface area contributed by atoms with Crippen molar-refractivity contribution in [2.24, 2.45) is 0 Å². The van der Waals surface area contributed by atoms with Crippen LogP contribution in [-0.2, 0) is 19.1 Å². The van der Waals surface area contributed by atoms with Crippen LogP contribution in [0.25, 0.3) is 0 Å². The first-order valence-electron chi connectivity index (χ1n) is 8.18. The minimum absolute atomic E-state index is 0.0237. The number of carbonyl (C=O) groups excluding carboxylic acids is 2. The number of nitrogens with one attached hydrogen (secondary N) is 2. The van der Waals surface area contributed by atoms with E-state index in [1.807, 2.05) is 0 Å². The summed E-state index contributed by atoms with van der Waals surface area (Å²) in [6, 6.07) is 4.04. The average molecular weight is 349 g/mol. The molecule has 9 heteroatoms. The Bertz CT molecular complexity index is 680. The van der Waals surface area contributed by atoms with Crippen molar-refractivity contribution < 1.29 is 24.0 Å². The summed E-state index contributed by atoms with van der Waals surface area (Å²) in [7, 11) is 0. The zero-order chi connectivity index (χ0) is 17.8. The number of ether oxygens (including phenoxy) is 2. The summed E-state index contributed by atoms with van der Waals surface area (Å²) in [5.74, 6) is -0.731.